The van der Waals surface area contributed by atoms with Gasteiger partial charge in [-0.1, -0.05) is 32.8 Å². The first-order valence-electron chi connectivity index (χ1n) is 8.69. The molecule has 0 bridgehead atoms. The molecule has 2 aliphatic rings. The molecule has 3 heteroatoms. The van der Waals surface area contributed by atoms with E-state index in [-0.39, 0.29) is 0 Å². The Morgan fingerprint density at radius 1 is 1.24 bits per heavy atom. The van der Waals surface area contributed by atoms with Crippen molar-refractivity contribution in [3.63, 3.8) is 0 Å². The van der Waals surface area contributed by atoms with Crippen molar-refractivity contribution in [2.24, 2.45) is 5.92 Å². The van der Waals surface area contributed by atoms with Gasteiger partial charge >= 0.3 is 0 Å². The Balaban J connectivity index is 1.78. The molecular formula is C18H29N3. The molecule has 2 fully saturated rings. The first kappa shape index (κ1) is 14.8. The lowest BCUT2D eigenvalue weighted by Gasteiger charge is -2.32. The summed E-state index contributed by atoms with van der Waals surface area (Å²) in [4.78, 5) is 7.36. The lowest BCUT2D eigenvalue weighted by Crippen LogP contribution is -2.36. The van der Waals surface area contributed by atoms with Crippen molar-refractivity contribution in [2.45, 2.75) is 71.0 Å². The molecule has 1 atom stereocenters. The van der Waals surface area contributed by atoms with Crippen LogP contribution in [-0.4, -0.2) is 23.6 Å². The van der Waals surface area contributed by atoms with Crippen LogP contribution in [0.1, 0.15) is 57.9 Å². The highest BCUT2D eigenvalue weighted by Gasteiger charge is 2.34. The van der Waals surface area contributed by atoms with Gasteiger partial charge in [0, 0.05) is 36.9 Å². The maximum Gasteiger partial charge on any atom is 0.133 e. The van der Waals surface area contributed by atoms with Crippen LogP contribution >= 0.6 is 0 Å². The van der Waals surface area contributed by atoms with Crippen molar-refractivity contribution in [1.29, 1.82) is 0 Å². The first-order valence-corrected chi connectivity index (χ1v) is 8.69. The molecule has 0 aromatic carbocycles. The van der Waals surface area contributed by atoms with Crippen LogP contribution in [0.25, 0.3) is 0 Å². The number of aromatic nitrogens is 1. The molecule has 3 rings (SSSR count). The quantitative estimate of drug-likeness (QED) is 0.894. The second kappa shape index (κ2) is 6.78. The van der Waals surface area contributed by atoms with Gasteiger partial charge in [-0.15, -0.1) is 0 Å². The number of pyridine rings is 1. The average molecular weight is 287 g/mol. The van der Waals surface area contributed by atoms with E-state index in [1.54, 1.807) is 0 Å². The summed E-state index contributed by atoms with van der Waals surface area (Å²) >= 11 is 0. The maximum atomic E-state index is 4.75. The van der Waals surface area contributed by atoms with E-state index in [1.165, 1.54) is 56.5 Å². The van der Waals surface area contributed by atoms with Crippen LogP contribution in [0.2, 0.25) is 0 Å². The second-order valence-electron chi connectivity index (χ2n) is 6.97. The number of nitrogens with one attached hydrogen (secondary N) is 1. The SMILES string of the molecule is CC(C)NCc1cccnc1N1CCCC1C1CCCC1. The molecule has 1 N–H and O–H groups in total. The van der Waals surface area contributed by atoms with Crippen LogP contribution in [0.3, 0.4) is 0 Å². The van der Waals surface area contributed by atoms with E-state index >= 15 is 0 Å². The Hall–Kier alpha value is -1.09. The van der Waals surface area contributed by atoms with E-state index < -0.39 is 0 Å². The molecule has 0 amide bonds. The van der Waals surface area contributed by atoms with Gasteiger partial charge in [0.2, 0.25) is 0 Å². The van der Waals surface area contributed by atoms with Crippen molar-refractivity contribution in [3.8, 4) is 0 Å². The van der Waals surface area contributed by atoms with E-state index in [2.05, 4.69) is 36.2 Å². The topological polar surface area (TPSA) is 28.2 Å². The molecule has 116 valence electrons. The third kappa shape index (κ3) is 3.39. The number of rotatable bonds is 5. The van der Waals surface area contributed by atoms with Gasteiger partial charge in [-0.2, -0.15) is 0 Å². The largest absolute Gasteiger partial charge is 0.353 e. The van der Waals surface area contributed by atoms with Crippen molar-refractivity contribution >= 4 is 5.82 Å². The summed E-state index contributed by atoms with van der Waals surface area (Å²) in [5.41, 5.74) is 1.36. The van der Waals surface area contributed by atoms with Gasteiger partial charge in [-0.05, 0) is 37.7 Å². The predicted octanol–water partition coefficient (Wildman–Crippen LogP) is 3.74. The number of nitrogens with zero attached hydrogens (tertiary/aromatic N) is 2. The molecule has 2 heterocycles. The molecule has 1 aromatic rings. The summed E-state index contributed by atoms with van der Waals surface area (Å²) in [6.45, 7) is 6.52. The molecule has 1 saturated carbocycles. The van der Waals surface area contributed by atoms with Gasteiger partial charge in [0.25, 0.3) is 0 Å². The fourth-order valence-corrected chi connectivity index (χ4v) is 4.03. The molecule has 21 heavy (non-hydrogen) atoms. The van der Waals surface area contributed by atoms with Crippen LogP contribution in [0.15, 0.2) is 18.3 Å². The van der Waals surface area contributed by atoms with Gasteiger partial charge in [0.05, 0.1) is 0 Å². The zero-order valence-electron chi connectivity index (χ0n) is 13.5. The average Bonchev–Trinajstić information content (AvgIpc) is 3.15. The van der Waals surface area contributed by atoms with E-state index in [1.807, 2.05) is 6.20 Å². The summed E-state index contributed by atoms with van der Waals surface area (Å²) in [5.74, 6) is 2.14. The van der Waals surface area contributed by atoms with E-state index in [0.29, 0.717) is 6.04 Å². The minimum Gasteiger partial charge on any atom is -0.353 e. The Labute approximate surface area is 129 Å². The van der Waals surface area contributed by atoms with Crippen molar-refractivity contribution in [2.75, 3.05) is 11.4 Å². The van der Waals surface area contributed by atoms with Gasteiger partial charge < -0.3 is 10.2 Å². The lowest BCUT2D eigenvalue weighted by atomic mass is 9.96. The third-order valence-electron chi connectivity index (χ3n) is 5.08. The molecular weight excluding hydrogens is 258 g/mol. The van der Waals surface area contributed by atoms with Crippen LogP contribution in [0.4, 0.5) is 5.82 Å². The van der Waals surface area contributed by atoms with E-state index in [9.17, 15) is 0 Å². The minimum absolute atomic E-state index is 0.516. The van der Waals surface area contributed by atoms with Gasteiger partial charge in [0.1, 0.15) is 5.82 Å². The summed E-state index contributed by atoms with van der Waals surface area (Å²) in [7, 11) is 0. The highest BCUT2D eigenvalue weighted by atomic mass is 15.2. The highest BCUT2D eigenvalue weighted by molar-refractivity contribution is 5.49. The van der Waals surface area contributed by atoms with Crippen LogP contribution < -0.4 is 10.2 Å². The highest BCUT2D eigenvalue weighted by Crippen LogP contribution is 2.38. The van der Waals surface area contributed by atoms with Crippen molar-refractivity contribution in [1.82, 2.24) is 10.3 Å². The minimum atomic E-state index is 0.516. The molecule has 1 unspecified atom stereocenters. The number of hydrogen-bond donors (Lipinski definition) is 1. The molecule has 1 aromatic heterocycles. The lowest BCUT2D eigenvalue weighted by molar-refractivity contribution is 0.428. The molecule has 0 spiro atoms. The van der Waals surface area contributed by atoms with Gasteiger partial charge in [-0.25, -0.2) is 4.98 Å². The number of anilines is 1. The third-order valence-corrected chi connectivity index (χ3v) is 5.08. The van der Waals surface area contributed by atoms with Crippen LogP contribution in [-0.2, 0) is 6.54 Å². The first-order chi connectivity index (χ1) is 10.3. The second-order valence-corrected chi connectivity index (χ2v) is 6.97. The van der Waals surface area contributed by atoms with Crippen molar-refractivity contribution in [3.05, 3.63) is 23.9 Å². The molecule has 1 saturated heterocycles. The summed E-state index contributed by atoms with van der Waals surface area (Å²) in [5, 5.41) is 3.54. The zero-order chi connectivity index (χ0) is 14.7. The summed E-state index contributed by atoms with van der Waals surface area (Å²) < 4.78 is 0. The Kier molecular flexibility index (Phi) is 4.79. The van der Waals surface area contributed by atoms with Crippen molar-refractivity contribution < 1.29 is 0 Å². The van der Waals surface area contributed by atoms with E-state index in [4.69, 9.17) is 4.98 Å². The Morgan fingerprint density at radius 2 is 2.05 bits per heavy atom. The zero-order valence-corrected chi connectivity index (χ0v) is 13.5. The monoisotopic (exact) mass is 287 g/mol. The fourth-order valence-electron chi connectivity index (χ4n) is 4.03. The summed E-state index contributed by atoms with van der Waals surface area (Å²) in [6.07, 6.45) is 10.4. The van der Waals surface area contributed by atoms with Crippen LogP contribution in [0.5, 0.6) is 0 Å². The van der Waals surface area contributed by atoms with Gasteiger partial charge in [0.15, 0.2) is 0 Å². The summed E-state index contributed by atoms with van der Waals surface area (Å²) in [6, 6.07) is 5.56. The molecule has 0 radical (unpaired) electrons. The smallest absolute Gasteiger partial charge is 0.133 e. The van der Waals surface area contributed by atoms with Gasteiger partial charge in [-0.3, -0.25) is 0 Å². The molecule has 1 aliphatic carbocycles. The standard InChI is InChI=1S/C18H29N3/c1-14(2)20-13-16-9-5-11-19-18(16)21-12-6-10-17(21)15-7-3-4-8-15/h5,9,11,14-15,17,20H,3-4,6-8,10,12-13H2,1-2H3. The molecule has 3 nitrogen and oxygen atoms in total. The predicted molar refractivity (Wildman–Crippen MR) is 88.5 cm³/mol. The fraction of sp³-hybridized carbons (Fsp3) is 0.722. The normalized spacial score (nSPS) is 23.4. The van der Waals surface area contributed by atoms with Crippen LogP contribution in [0, 0.1) is 5.92 Å². The van der Waals surface area contributed by atoms with E-state index in [0.717, 1.165) is 18.5 Å². The molecule has 1 aliphatic heterocycles. The maximum absolute atomic E-state index is 4.75. The Bertz CT molecular complexity index is 452. The Morgan fingerprint density at radius 3 is 2.81 bits per heavy atom. The number of hydrogen-bond acceptors (Lipinski definition) is 3.